The summed E-state index contributed by atoms with van der Waals surface area (Å²) in [6.45, 7) is 19.4. The van der Waals surface area contributed by atoms with Crippen LogP contribution in [0.25, 0.3) is 0 Å². The first-order valence-electron chi connectivity index (χ1n) is 10.3. The summed E-state index contributed by atoms with van der Waals surface area (Å²) in [5.74, 6) is -0.546. The van der Waals surface area contributed by atoms with Crippen molar-refractivity contribution in [3.8, 4) is 0 Å². The Bertz CT molecular complexity index is 675. The number of allylic oxidation sites excluding steroid dienone is 1. The fourth-order valence-corrected chi connectivity index (χ4v) is 3.58. The molecular weight excluding hydrogens is 354 g/mol. The number of amides is 1. The quantitative estimate of drug-likeness (QED) is 0.436. The summed E-state index contributed by atoms with van der Waals surface area (Å²) in [7, 11) is 0. The summed E-state index contributed by atoms with van der Waals surface area (Å²) in [4.78, 5) is 27.7. The Labute approximate surface area is 169 Å². The lowest BCUT2D eigenvalue weighted by Crippen LogP contribution is -2.34. The zero-order valence-corrected chi connectivity index (χ0v) is 18.4. The Morgan fingerprint density at radius 1 is 1.25 bits per heavy atom. The van der Waals surface area contributed by atoms with Gasteiger partial charge < -0.3 is 19.5 Å². The number of hydrogen-bond donors (Lipinski definition) is 1. The largest absolute Gasteiger partial charge is 0.461 e. The third kappa shape index (κ3) is 5.96. The van der Waals surface area contributed by atoms with Gasteiger partial charge in [-0.1, -0.05) is 19.9 Å². The molecular formula is C22H37N3O3. The second-order valence-electron chi connectivity index (χ2n) is 7.10. The molecule has 1 aromatic rings. The summed E-state index contributed by atoms with van der Waals surface area (Å²) >= 11 is 0. The molecule has 1 rings (SSSR count). The van der Waals surface area contributed by atoms with E-state index in [9.17, 15) is 9.59 Å². The van der Waals surface area contributed by atoms with Crippen molar-refractivity contribution in [3.05, 3.63) is 35.2 Å². The molecule has 1 atom stereocenters. The predicted octanol–water partition coefficient (Wildman–Crippen LogP) is 3.71. The van der Waals surface area contributed by atoms with E-state index in [2.05, 4.69) is 30.6 Å². The van der Waals surface area contributed by atoms with Crippen molar-refractivity contribution in [1.82, 2.24) is 14.8 Å². The third-order valence-electron chi connectivity index (χ3n) is 5.16. The van der Waals surface area contributed by atoms with Gasteiger partial charge in [0.2, 0.25) is 0 Å². The number of ether oxygens (including phenoxy) is 1. The lowest BCUT2D eigenvalue weighted by Gasteiger charge is -2.20. The van der Waals surface area contributed by atoms with Crippen LogP contribution >= 0.6 is 0 Å². The summed E-state index contributed by atoms with van der Waals surface area (Å²) in [5, 5.41) is 3.09. The first-order chi connectivity index (χ1) is 13.3. The van der Waals surface area contributed by atoms with Crippen LogP contribution in [0.4, 0.5) is 0 Å². The van der Waals surface area contributed by atoms with Crippen LogP contribution in [0.3, 0.4) is 0 Å². The molecule has 28 heavy (non-hydrogen) atoms. The van der Waals surface area contributed by atoms with E-state index in [-0.39, 0.29) is 11.9 Å². The molecule has 158 valence electrons. The number of carbonyl (C=O) groups is 2. The SMILES string of the molecule is C=CCn1c(C)c(C(=O)NC(C)CCCN(CC)CC)c(C)c1C(=O)OCC. The van der Waals surface area contributed by atoms with E-state index < -0.39 is 5.97 Å². The summed E-state index contributed by atoms with van der Waals surface area (Å²) < 4.78 is 7.00. The fourth-order valence-electron chi connectivity index (χ4n) is 3.58. The molecule has 0 aliphatic heterocycles. The zero-order valence-electron chi connectivity index (χ0n) is 18.4. The average Bonchev–Trinajstić information content (AvgIpc) is 2.89. The van der Waals surface area contributed by atoms with Crippen molar-refractivity contribution < 1.29 is 14.3 Å². The van der Waals surface area contributed by atoms with Gasteiger partial charge in [-0.3, -0.25) is 4.79 Å². The van der Waals surface area contributed by atoms with Gasteiger partial charge in [0.25, 0.3) is 5.91 Å². The lowest BCUT2D eigenvalue weighted by atomic mass is 10.1. The van der Waals surface area contributed by atoms with E-state index in [0.717, 1.165) is 38.2 Å². The Kier molecular flexibility index (Phi) is 10.0. The minimum atomic E-state index is -0.406. The number of nitrogens with zero attached hydrogens (tertiary/aromatic N) is 2. The molecule has 6 nitrogen and oxygen atoms in total. The van der Waals surface area contributed by atoms with Crippen LogP contribution in [0.1, 0.15) is 72.6 Å². The molecule has 6 heteroatoms. The van der Waals surface area contributed by atoms with E-state index >= 15 is 0 Å². The highest BCUT2D eigenvalue weighted by atomic mass is 16.5. The number of hydrogen-bond acceptors (Lipinski definition) is 4. The smallest absolute Gasteiger partial charge is 0.355 e. The van der Waals surface area contributed by atoms with Gasteiger partial charge in [-0.2, -0.15) is 0 Å². The van der Waals surface area contributed by atoms with Crippen molar-refractivity contribution in [2.45, 2.75) is 67.0 Å². The molecule has 0 aliphatic rings. The number of rotatable bonds is 12. The van der Waals surface area contributed by atoms with Gasteiger partial charge in [0.15, 0.2) is 0 Å². The summed E-state index contributed by atoms with van der Waals surface area (Å²) in [5.41, 5.74) is 2.40. The average molecular weight is 392 g/mol. The van der Waals surface area contributed by atoms with E-state index in [4.69, 9.17) is 4.74 Å². The minimum absolute atomic E-state index is 0.0654. The monoisotopic (exact) mass is 391 g/mol. The minimum Gasteiger partial charge on any atom is -0.461 e. The van der Waals surface area contributed by atoms with E-state index in [1.807, 2.05) is 13.8 Å². The highest BCUT2D eigenvalue weighted by Gasteiger charge is 2.27. The van der Waals surface area contributed by atoms with Crippen molar-refractivity contribution in [2.75, 3.05) is 26.2 Å². The third-order valence-corrected chi connectivity index (χ3v) is 5.16. The van der Waals surface area contributed by atoms with Crippen molar-refractivity contribution in [2.24, 2.45) is 0 Å². The predicted molar refractivity (Wildman–Crippen MR) is 114 cm³/mol. The molecule has 0 aliphatic carbocycles. The highest BCUT2D eigenvalue weighted by Crippen LogP contribution is 2.23. The summed E-state index contributed by atoms with van der Waals surface area (Å²) in [6.07, 6.45) is 3.66. The molecule has 1 unspecified atom stereocenters. The van der Waals surface area contributed by atoms with Gasteiger partial charge in [-0.25, -0.2) is 4.79 Å². The topological polar surface area (TPSA) is 63.6 Å². The molecule has 1 amide bonds. The number of nitrogens with one attached hydrogen (secondary N) is 1. The second-order valence-corrected chi connectivity index (χ2v) is 7.10. The van der Waals surface area contributed by atoms with Gasteiger partial charge >= 0.3 is 5.97 Å². The normalized spacial score (nSPS) is 12.1. The van der Waals surface area contributed by atoms with Crippen molar-refractivity contribution in [3.63, 3.8) is 0 Å². The van der Waals surface area contributed by atoms with E-state index in [1.165, 1.54) is 0 Å². The van der Waals surface area contributed by atoms with Gasteiger partial charge in [-0.05, 0) is 65.7 Å². The van der Waals surface area contributed by atoms with E-state index in [1.54, 1.807) is 24.5 Å². The molecule has 0 bridgehead atoms. The second kappa shape index (κ2) is 11.7. The molecule has 0 fully saturated rings. The van der Waals surface area contributed by atoms with Crippen LogP contribution < -0.4 is 5.32 Å². The van der Waals surface area contributed by atoms with Crippen LogP contribution in [-0.2, 0) is 11.3 Å². The Morgan fingerprint density at radius 2 is 1.89 bits per heavy atom. The first kappa shape index (κ1) is 24.0. The number of esters is 1. The molecule has 0 spiro atoms. The summed E-state index contributed by atoms with van der Waals surface area (Å²) in [6, 6.07) is 0.0654. The molecule has 1 heterocycles. The molecule has 1 aromatic heterocycles. The van der Waals surface area contributed by atoms with Gasteiger partial charge in [0.05, 0.1) is 12.2 Å². The molecule has 1 N–H and O–H groups in total. The maximum absolute atomic E-state index is 12.9. The molecule has 0 aromatic carbocycles. The number of carbonyl (C=O) groups excluding carboxylic acids is 2. The maximum Gasteiger partial charge on any atom is 0.355 e. The Balaban J connectivity index is 2.93. The molecule has 0 saturated heterocycles. The Morgan fingerprint density at radius 3 is 2.43 bits per heavy atom. The molecule has 0 radical (unpaired) electrons. The van der Waals surface area contributed by atoms with Gasteiger partial charge in [0, 0.05) is 18.3 Å². The van der Waals surface area contributed by atoms with Crippen molar-refractivity contribution >= 4 is 11.9 Å². The van der Waals surface area contributed by atoms with Crippen LogP contribution in [0.15, 0.2) is 12.7 Å². The van der Waals surface area contributed by atoms with Crippen LogP contribution in [0.5, 0.6) is 0 Å². The van der Waals surface area contributed by atoms with Gasteiger partial charge in [-0.15, -0.1) is 6.58 Å². The van der Waals surface area contributed by atoms with E-state index in [0.29, 0.717) is 30.0 Å². The van der Waals surface area contributed by atoms with Crippen LogP contribution in [0, 0.1) is 13.8 Å². The lowest BCUT2D eigenvalue weighted by molar-refractivity contribution is 0.0513. The first-order valence-corrected chi connectivity index (χ1v) is 10.3. The highest BCUT2D eigenvalue weighted by molar-refractivity contribution is 6.01. The van der Waals surface area contributed by atoms with Crippen molar-refractivity contribution in [1.29, 1.82) is 0 Å². The van der Waals surface area contributed by atoms with Gasteiger partial charge in [0.1, 0.15) is 5.69 Å². The molecule has 0 saturated carbocycles. The zero-order chi connectivity index (χ0) is 21.3. The standard InChI is InChI=1S/C22H37N3O3/c1-8-14-25-18(7)19(17(6)20(25)22(27)28-11-4)21(26)23-16(5)13-12-15-24(9-2)10-3/h8,16H,1,9-15H2,2-7H3,(H,23,26). The number of aromatic nitrogens is 1. The Hall–Kier alpha value is -2.08. The van der Waals surface area contributed by atoms with Crippen LogP contribution in [-0.4, -0.2) is 53.6 Å². The van der Waals surface area contributed by atoms with Crippen LogP contribution in [0.2, 0.25) is 0 Å². The maximum atomic E-state index is 12.9. The fraction of sp³-hybridized carbons (Fsp3) is 0.636.